The Balaban J connectivity index is 1.75. The minimum Gasteiger partial charge on any atom is -0.463 e. The molecule has 0 aromatic heterocycles. The van der Waals surface area contributed by atoms with Crippen LogP contribution in [0.1, 0.15) is 12.0 Å². The number of carbonyl (C=O) groups excluding carboxylic acids is 1. The average Bonchev–Trinajstić information content (AvgIpc) is 2.76. The van der Waals surface area contributed by atoms with E-state index in [1.165, 1.54) is 26.8 Å². The van der Waals surface area contributed by atoms with Crippen LogP contribution in [0.4, 0.5) is 0 Å². The second-order valence-electron chi connectivity index (χ2n) is 5.58. The molecule has 22 heavy (non-hydrogen) atoms. The van der Waals surface area contributed by atoms with Gasteiger partial charge >= 0.3 is 5.97 Å². The Bertz CT molecular complexity index is 896. The molecule has 1 heterocycles. The van der Waals surface area contributed by atoms with E-state index in [0.717, 1.165) is 12.2 Å². The zero-order chi connectivity index (χ0) is 14.9. The van der Waals surface area contributed by atoms with Crippen molar-refractivity contribution in [3.63, 3.8) is 0 Å². The van der Waals surface area contributed by atoms with Gasteiger partial charge in [-0.15, -0.1) is 11.8 Å². The Morgan fingerprint density at radius 2 is 2.18 bits per heavy atom. The fourth-order valence-electron chi connectivity index (χ4n) is 2.84. The lowest BCUT2D eigenvalue weighted by Gasteiger charge is -2.23. The quantitative estimate of drug-likeness (QED) is 0.815. The highest BCUT2D eigenvalue weighted by Crippen LogP contribution is 2.27. The third-order valence-electron chi connectivity index (χ3n) is 4.14. The van der Waals surface area contributed by atoms with Gasteiger partial charge in [0.15, 0.2) is 0 Å². The lowest BCUT2D eigenvalue weighted by molar-refractivity contribution is -0.155. The number of esters is 1. The monoisotopic (exact) mass is 308 g/mol. The molecule has 0 amide bonds. The van der Waals surface area contributed by atoms with Gasteiger partial charge in [0.25, 0.3) is 0 Å². The topological polar surface area (TPSA) is 26.3 Å². The lowest BCUT2D eigenvalue weighted by atomic mass is 10.0. The Morgan fingerprint density at radius 1 is 1.23 bits per heavy atom. The van der Waals surface area contributed by atoms with Gasteiger partial charge in [0.05, 0.1) is 0 Å². The minimum atomic E-state index is -0.0767. The van der Waals surface area contributed by atoms with Crippen molar-refractivity contribution in [3.8, 4) is 0 Å². The van der Waals surface area contributed by atoms with Crippen LogP contribution in [-0.2, 0) is 15.3 Å². The van der Waals surface area contributed by atoms with Crippen molar-refractivity contribution < 1.29 is 9.53 Å². The van der Waals surface area contributed by atoms with E-state index in [2.05, 4.69) is 54.6 Å². The van der Waals surface area contributed by atoms with Crippen molar-refractivity contribution in [2.24, 2.45) is 0 Å². The summed E-state index contributed by atoms with van der Waals surface area (Å²) in [6.45, 7) is 0.553. The van der Waals surface area contributed by atoms with Gasteiger partial charge in [-0.1, -0.05) is 42.5 Å². The first-order chi connectivity index (χ1) is 10.8. The predicted octanol–water partition coefficient (Wildman–Crippen LogP) is 2.52. The number of fused-ring (bicyclic) bond motifs is 2. The van der Waals surface area contributed by atoms with Crippen LogP contribution >= 0.6 is 11.8 Å². The number of hydrogen-bond donors (Lipinski definition) is 0. The number of hydrogen-bond acceptors (Lipinski definition) is 3. The summed E-state index contributed by atoms with van der Waals surface area (Å²) in [6.07, 6.45) is 9.71. The number of allylic oxidation sites excluding steroid dienone is 2. The summed E-state index contributed by atoms with van der Waals surface area (Å²) in [5.41, 5.74) is 1.28. The molecule has 1 saturated heterocycles. The summed E-state index contributed by atoms with van der Waals surface area (Å²) in [5, 5.41) is 5.12. The molecule has 2 aromatic carbocycles. The van der Waals surface area contributed by atoms with Gasteiger partial charge in [0.1, 0.15) is 11.9 Å². The van der Waals surface area contributed by atoms with Crippen LogP contribution in [0.25, 0.3) is 22.9 Å². The van der Waals surface area contributed by atoms with E-state index in [-0.39, 0.29) is 11.2 Å². The molecule has 1 unspecified atom stereocenters. The standard InChI is InChI=1S/C19H16O2S/c20-19-18(11-21-19)22-12-16-8-4-7-15-9-13-5-2-1-3-6-14(13)10-17(15)16/h1,3-10,18H,2,11-12H2. The maximum atomic E-state index is 11.3. The summed E-state index contributed by atoms with van der Waals surface area (Å²) in [4.78, 5) is 11.3. The zero-order valence-electron chi connectivity index (χ0n) is 12.1. The van der Waals surface area contributed by atoms with Crippen LogP contribution in [0.15, 0.2) is 42.5 Å². The fraction of sp³-hybridized carbons (Fsp3) is 0.211. The van der Waals surface area contributed by atoms with Crippen molar-refractivity contribution in [1.82, 2.24) is 0 Å². The van der Waals surface area contributed by atoms with E-state index in [0.29, 0.717) is 6.61 Å². The first-order valence-corrected chi connectivity index (χ1v) is 8.53. The maximum Gasteiger partial charge on any atom is 0.322 e. The van der Waals surface area contributed by atoms with Gasteiger partial charge in [0, 0.05) is 5.75 Å². The molecular weight excluding hydrogens is 292 g/mol. The molecule has 0 bridgehead atoms. The Labute approximate surface area is 133 Å². The summed E-state index contributed by atoms with van der Waals surface area (Å²) < 4.78 is 4.83. The smallest absolute Gasteiger partial charge is 0.322 e. The number of thioether (sulfide) groups is 1. The minimum absolute atomic E-state index is 0.0129. The van der Waals surface area contributed by atoms with E-state index in [4.69, 9.17) is 4.74 Å². The van der Waals surface area contributed by atoms with Crippen LogP contribution in [-0.4, -0.2) is 17.8 Å². The number of rotatable bonds is 3. The molecular formula is C19H16O2S. The molecule has 1 fully saturated rings. The summed E-state index contributed by atoms with van der Waals surface area (Å²) in [5.74, 6) is 0.766. The third kappa shape index (κ3) is 2.46. The summed E-state index contributed by atoms with van der Waals surface area (Å²) in [6, 6.07) is 10.9. The van der Waals surface area contributed by atoms with Crippen molar-refractivity contribution in [2.45, 2.75) is 17.4 Å². The first-order valence-electron chi connectivity index (χ1n) is 7.48. The molecule has 0 spiro atoms. The van der Waals surface area contributed by atoms with Crippen LogP contribution in [0, 0.1) is 0 Å². The molecule has 0 N–H and O–H groups in total. The van der Waals surface area contributed by atoms with Gasteiger partial charge in [0.2, 0.25) is 0 Å². The SMILES string of the molecule is O=C1OCC1SCc1cccc2cc3c(cc12)=CC=CCC=3. The first kappa shape index (κ1) is 13.6. The van der Waals surface area contributed by atoms with E-state index in [1.807, 2.05) is 0 Å². The van der Waals surface area contributed by atoms with Crippen LogP contribution in [0.2, 0.25) is 0 Å². The van der Waals surface area contributed by atoms with E-state index in [9.17, 15) is 4.79 Å². The van der Waals surface area contributed by atoms with E-state index in [1.54, 1.807) is 11.8 Å². The molecule has 2 nitrogen and oxygen atoms in total. The van der Waals surface area contributed by atoms with Crippen molar-refractivity contribution >= 4 is 40.7 Å². The Kier molecular flexibility index (Phi) is 3.51. The predicted molar refractivity (Wildman–Crippen MR) is 91.9 cm³/mol. The summed E-state index contributed by atoms with van der Waals surface area (Å²) >= 11 is 1.67. The highest BCUT2D eigenvalue weighted by molar-refractivity contribution is 7.99. The Morgan fingerprint density at radius 3 is 3.00 bits per heavy atom. The zero-order valence-corrected chi connectivity index (χ0v) is 12.9. The number of benzene rings is 2. The molecule has 0 saturated carbocycles. The number of carbonyl (C=O) groups is 1. The molecule has 3 heteroatoms. The lowest BCUT2D eigenvalue weighted by Crippen LogP contribution is -2.37. The number of ether oxygens (including phenoxy) is 1. The summed E-state index contributed by atoms with van der Waals surface area (Å²) in [7, 11) is 0. The van der Waals surface area contributed by atoms with Gasteiger partial charge in [-0.05, 0) is 45.3 Å². The molecule has 0 radical (unpaired) electrons. The molecule has 110 valence electrons. The molecule has 2 aliphatic rings. The van der Waals surface area contributed by atoms with Crippen molar-refractivity contribution in [1.29, 1.82) is 0 Å². The second-order valence-corrected chi connectivity index (χ2v) is 6.77. The Hall–Kier alpha value is -2.00. The van der Waals surface area contributed by atoms with Crippen molar-refractivity contribution in [3.05, 3.63) is 58.5 Å². The normalized spacial score (nSPS) is 19.5. The fourth-order valence-corrected chi connectivity index (χ4v) is 3.84. The highest BCUT2D eigenvalue weighted by Gasteiger charge is 2.30. The highest BCUT2D eigenvalue weighted by atomic mass is 32.2. The molecule has 4 rings (SSSR count). The van der Waals surface area contributed by atoms with Gasteiger partial charge in [-0.2, -0.15) is 0 Å². The van der Waals surface area contributed by atoms with Crippen LogP contribution in [0.3, 0.4) is 0 Å². The van der Waals surface area contributed by atoms with Gasteiger partial charge in [-0.25, -0.2) is 0 Å². The van der Waals surface area contributed by atoms with Crippen molar-refractivity contribution in [2.75, 3.05) is 6.61 Å². The molecule has 1 aliphatic carbocycles. The van der Waals surface area contributed by atoms with Gasteiger partial charge in [-0.3, -0.25) is 4.79 Å². The maximum absolute atomic E-state index is 11.3. The van der Waals surface area contributed by atoms with E-state index >= 15 is 0 Å². The number of cyclic esters (lactones) is 1. The average molecular weight is 308 g/mol. The second kappa shape index (κ2) is 5.65. The molecule has 1 aliphatic heterocycles. The molecule has 2 aromatic rings. The van der Waals surface area contributed by atoms with E-state index < -0.39 is 0 Å². The molecule has 1 atom stereocenters. The third-order valence-corrected chi connectivity index (χ3v) is 5.35. The largest absolute Gasteiger partial charge is 0.463 e. The van der Waals surface area contributed by atoms with Gasteiger partial charge < -0.3 is 4.74 Å². The van der Waals surface area contributed by atoms with Crippen LogP contribution < -0.4 is 10.4 Å². The van der Waals surface area contributed by atoms with Crippen LogP contribution in [0.5, 0.6) is 0 Å².